The van der Waals surface area contributed by atoms with Crippen LogP contribution in [0.1, 0.15) is 26.3 Å². The van der Waals surface area contributed by atoms with Crippen molar-refractivity contribution in [1.82, 2.24) is 0 Å². The lowest BCUT2D eigenvalue weighted by Crippen LogP contribution is -2.10. The topological polar surface area (TPSA) is 20.2 Å². The van der Waals surface area contributed by atoms with E-state index in [-0.39, 0.29) is 5.41 Å². The SMILES string of the molecule is CC(C)(C)c1ccc2c(c1)c1cccc3c4c5ccc(O)cc5c5cccc(c54)c2c13. The van der Waals surface area contributed by atoms with E-state index in [1.165, 1.54) is 64.8 Å². The van der Waals surface area contributed by atoms with Gasteiger partial charge in [-0.1, -0.05) is 75.4 Å². The van der Waals surface area contributed by atoms with Gasteiger partial charge in [0.15, 0.2) is 0 Å². The Balaban J connectivity index is 1.83. The maximum Gasteiger partial charge on any atom is 0.116 e. The number of benzene rings is 5. The molecule has 0 aliphatic heterocycles. The number of phenols is 1. The van der Waals surface area contributed by atoms with Crippen LogP contribution in [0.2, 0.25) is 0 Å². The highest BCUT2D eigenvalue weighted by molar-refractivity contribution is 6.47. The van der Waals surface area contributed by atoms with E-state index in [1.807, 2.05) is 12.1 Å². The minimum absolute atomic E-state index is 0.116. The molecule has 0 amide bonds. The third kappa shape index (κ3) is 2.02. The fraction of sp³-hybridized carbons (Fsp3) is 0.133. The number of rotatable bonds is 0. The number of phenolic OH excluding ortho intramolecular Hbond substituents is 1. The fourth-order valence-corrected chi connectivity index (χ4v) is 5.76. The molecule has 148 valence electrons. The van der Waals surface area contributed by atoms with Crippen LogP contribution < -0.4 is 0 Å². The van der Waals surface area contributed by atoms with Gasteiger partial charge in [-0.25, -0.2) is 0 Å². The summed E-state index contributed by atoms with van der Waals surface area (Å²) in [5, 5.41) is 25.7. The second-order valence-electron chi connectivity index (χ2n) is 9.95. The molecule has 0 aliphatic rings. The third-order valence-electron chi connectivity index (χ3n) is 7.18. The lowest BCUT2D eigenvalue weighted by Gasteiger charge is -2.19. The number of hydrogen-bond donors (Lipinski definition) is 1. The number of fused-ring (bicyclic) bond motifs is 8. The summed E-state index contributed by atoms with van der Waals surface area (Å²) in [4.78, 5) is 0. The van der Waals surface area contributed by atoms with Gasteiger partial charge in [0.1, 0.15) is 5.75 Å². The van der Waals surface area contributed by atoms with Crippen LogP contribution in [0.15, 0.2) is 72.8 Å². The number of aromatic hydroxyl groups is 1. The molecule has 7 aromatic rings. The molecule has 1 heteroatoms. The van der Waals surface area contributed by atoms with E-state index in [2.05, 4.69) is 81.4 Å². The first-order chi connectivity index (χ1) is 14.9. The molecule has 0 aromatic heterocycles. The van der Waals surface area contributed by atoms with Gasteiger partial charge in [0, 0.05) is 0 Å². The molecule has 0 fully saturated rings. The lowest BCUT2D eigenvalue weighted by molar-refractivity contribution is 0.476. The van der Waals surface area contributed by atoms with Crippen molar-refractivity contribution in [2.24, 2.45) is 0 Å². The van der Waals surface area contributed by atoms with E-state index in [1.54, 1.807) is 0 Å². The Labute approximate surface area is 180 Å². The highest BCUT2D eigenvalue weighted by atomic mass is 16.3. The van der Waals surface area contributed by atoms with Gasteiger partial charge in [0.2, 0.25) is 0 Å². The molecular weight excluding hydrogens is 376 g/mol. The molecule has 0 saturated heterocycles. The summed E-state index contributed by atoms with van der Waals surface area (Å²) in [5.74, 6) is 0.320. The van der Waals surface area contributed by atoms with Crippen molar-refractivity contribution in [3.63, 3.8) is 0 Å². The summed E-state index contributed by atoms with van der Waals surface area (Å²) in [6, 6.07) is 26.2. The Morgan fingerprint density at radius 2 is 0.935 bits per heavy atom. The highest BCUT2D eigenvalue weighted by Crippen LogP contribution is 2.50. The molecule has 7 aromatic carbocycles. The molecule has 31 heavy (non-hydrogen) atoms. The van der Waals surface area contributed by atoms with Gasteiger partial charge in [0.05, 0.1) is 0 Å². The van der Waals surface area contributed by atoms with Crippen LogP contribution in [-0.2, 0) is 5.41 Å². The van der Waals surface area contributed by atoms with Crippen molar-refractivity contribution in [3.05, 3.63) is 78.4 Å². The summed E-state index contributed by atoms with van der Waals surface area (Å²) >= 11 is 0. The minimum atomic E-state index is 0.116. The summed E-state index contributed by atoms with van der Waals surface area (Å²) in [5.41, 5.74) is 1.49. The normalized spacial score (nSPS) is 13.1. The maximum absolute atomic E-state index is 10.2. The fourth-order valence-electron chi connectivity index (χ4n) is 5.76. The van der Waals surface area contributed by atoms with Crippen LogP contribution in [0.4, 0.5) is 0 Å². The second kappa shape index (κ2) is 5.36. The minimum Gasteiger partial charge on any atom is -0.508 e. The third-order valence-corrected chi connectivity index (χ3v) is 7.18. The van der Waals surface area contributed by atoms with Gasteiger partial charge in [-0.05, 0) is 93.8 Å². The van der Waals surface area contributed by atoms with Gasteiger partial charge >= 0.3 is 0 Å². The molecule has 1 N–H and O–H groups in total. The lowest BCUT2D eigenvalue weighted by atomic mass is 9.86. The molecule has 0 atom stereocenters. The smallest absolute Gasteiger partial charge is 0.116 e. The van der Waals surface area contributed by atoms with E-state index in [0.717, 1.165) is 5.39 Å². The highest BCUT2D eigenvalue weighted by Gasteiger charge is 2.22. The Morgan fingerprint density at radius 1 is 0.484 bits per heavy atom. The predicted molar refractivity (Wildman–Crippen MR) is 134 cm³/mol. The summed E-state index contributed by atoms with van der Waals surface area (Å²) < 4.78 is 0. The standard InChI is InChI=1S/C30H22O/c1-30(2,3)16-10-12-20-24(14-16)18-6-4-8-22-26(18)28(20)23-9-5-7-19-25-15-17(31)11-13-21(25)29(22)27(19)23/h4-15,31H,1-3H3. The van der Waals surface area contributed by atoms with Gasteiger partial charge in [0.25, 0.3) is 0 Å². The van der Waals surface area contributed by atoms with Crippen LogP contribution in [0.5, 0.6) is 5.75 Å². The molecule has 0 heterocycles. The zero-order valence-electron chi connectivity index (χ0n) is 17.9. The van der Waals surface area contributed by atoms with Gasteiger partial charge in [-0.15, -0.1) is 0 Å². The summed E-state index contributed by atoms with van der Waals surface area (Å²) in [6.45, 7) is 6.84. The molecule has 0 bridgehead atoms. The van der Waals surface area contributed by atoms with Gasteiger partial charge < -0.3 is 5.11 Å². The van der Waals surface area contributed by atoms with E-state index < -0.39 is 0 Å². The molecule has 0 unspecified atom stereocenters. The maximum atomic E-state index is 10.2. The second-order valence-corrected chi connectivity index (χ2v) is 9.95. The van der Waals surface area contributed by atoms with E-state index >= 15 is 0 Å². The average molecular weight is 399 g/mol. The van der Waals surface area contributed by atoms with E-state index in [4.69, 9.17) is 0 Å². The monoisotopic (exact) mass is 398 g/mol. The molecule has 0 radical (unpaired) electrons. The Bertz CT molecular complexity index is 1810. The van der Waals surface area contributed by atoms with Crippen molar-refractivity contribution in [2.45, 2.75) is 26.2 Å². The van der Waals surface area contributed by atoms with E-state index in [0.29, 0.717) is 5.75 Å². The van der Waals surface area contributed by atoms with Gasteiger partial charge in [-0.2, -0.15) is 0 Å². The molecular formula is C30H22O. The number of hydrogen-bond acceptors (Lipinski definition) is 1. The Morgan fingerprint density at radius 3 is 1.48 bits per heavy atom. The first-order valence-corrected chi connectivity index (χ1v) is 10.9. The first kappa shape index (κ1) is 17.1. The van der Waals surface area contributed by atoms with Crippen LogP contribution in [0, 0.1) is 0 Å². The summed E-state index contributed by atoms with van der Waals surface area (Å²) in [6.07, 6.45) is 0. The Hall–Kier alpha value is -3.58. The zero-order valence-corrected chi connectivity index (χ0v) is 17.9. The molecule has 0 spiro atoms. The van der Waals surface area contributed by atoms with Crippen LogP contribution in [0.3, 0.4) is 0 Å². The average Bonchev–Trinajstić information content (AvgIpc) is 3.26. The molecule has 1 nitrogen and oxygen atoms in total. The van der Waals surface area contributed by atoms with Crippen molar-refractivity contribution in [1.29, 1.82) is 0 Å². The van der Waals surface area contributed by atoms with Crippen LogP contribution in [0.25, 0.3) is 64.6 Å². The van der Waals surface area contributed by atoms with Crippen molar-refractivity contribution in [3.8, 4) is 5.75 Å². The quantitative estimate of drug-likeness (QED) is 0.254. The molecule has 7 rings (SSSR count). The van der Waals surface area contributed by atoms with E-state index in [9.17, 15) is 5.11 Å². The summed E-state index contributed by atoms with van der Waals surface area (Å²) in [7, 11) is 0. The Kier molecular flexibility index (Phi) is 2.96. The van der Waals surface area contributed by atoms with Crippen molar-refractivity contribution >= 4 is 64.6 Å². The molecule has 0 saturated carbocycles. The molecule has 0 aliphatic carbocycles. The predicted octanol–water partition coefficient (Wildman–Crippen LogP) is 8.48. The van der Waals surface area contributed by atoms with Gasteiger partial charge in [-0.3, -0.25) is 0 Å². The van der Waals surface area contributed by atoms with Crippen molar-refractivity contribution < 1.29 is 5.11 Å². The van der Waals surface area contributed by atoms with Crippen LogP contribution in [-0.4, -0.2) is 5.11 Å². The van der Waals surface area contributed by atoms with Crippen molar-refractivity contribution in [2.75, 3.05) is 0 Å². The first-order valence-electron chi connectivity index (χ1n) is 10.9. The largest absolute Gasteiger partial charge is 0.508 e. The zero-order chi connectivity index (χ0) is 21.1. The van der Waals surface area contributed by atoms with Crippen LogP contribution >= 0.6 is 0 Å².